The Balaban J connectivity index is 1.56. The van der Waals surface area contributed by atoms with Gasteiger partial charge >= 0.3 is 5.69 Å². The van der Waals surface area contributed by atoms with Gasteiger partial charge in [0.1, 0.15) is 5.69 Å². The van der Waals surface area contributed by atoms with E-state index in [1.165, 1.54) is 4.57 Å². The number of carbonyl (C=O) groups is 2. The van der Waals surface area contributed by atoms with Gasteiger partial charge in [0.25, 0.3) is 11.8 Å². The number of imidazole rings is 1. The first-order valence-electron chi connectivity index (χ1n) is 10.2. The van der Waals surface area contributed by atoms with Crippen LogP contribution in [-0.2, 0) is 13.1 Å². The molecule has 0 aliphatic carbocycles. The zero-order chi connectivity index (χ0) is 22.1. The molecule has 162 valence electrons. The van der Waals surface area contributed by atoms with Crippen molar-refractivity contribution in [2.45, 2.75) is 45.7 Å². The summed E-state index contributed by atoms with van der Waals surface area (Å²) in [7, 11) is 0. The molecule has 10 heteroatoms. The molecular weight excluding hydrogens is 422 g/mol. The lowest BCUT2D eigenvalue weighted by atomic mass is 10.1. The molecule has 4 rings (SSSR count). The first-order chi connectivity index (χ1) is 14.9. The second kappa shape index (κ2) is 8.50. The van der Waals surface area contributed by atoms with Crippen molar-refractivity contribution < 1.29 is 14.7 Å². The molecule has 0 aromatic heterocycles. The van der Waals surface area contributed by atoms with Crippen LogP contribution >= 0.6 is 11.6 Å². The van der Waals surface area contributed by atoms with Gasteiger partial charge in [0.15, 0.2) is 5.82 Å². The quantitative estimate of drug-likeness (QED) is 0.300. The Morgan fingerprint density at radius 3 is 2.19 bits per heavy atom. The molecule has 0 saturated heterocycles. The van der Waals surface area contributed by atoms with E-state index in [4.69, 9.17) is 11.6 Å². The van der Waals surface area contributed by atoms with Crippen molar-refractivity contribution >= 4 is 23.4 Å². The van der Waals surface area contributed by atoms with Crippen molar-refractivity contribution in [3.8, 4) is 17.4 Å². The molecule has 0 fully saturated rings. The number of benzene rings is 1. The number of hydrogen-bond donors (Lipinski definition) is 0. The van der Waals surface area contributed by atoms with Gasteiger partial charge < -0.3 is 9.67 Å². The highest BCUT2D eigenvalue weighted by molar-refractivity contribution is 6.28. The van der Waals surface area contributed by atoms with Crippen molar-refractivity contribution in [2.24, 2.45) is 0 Å². The number of fused-ring (bicyclic) bond motifs is 2. The van der Waals surface area contributed by atoms with Gasteiger partial charge in [0, 0.05) is 19.6 Å². The van der Waals surface area contributed by atoms with Crippen LogP contribution in [0.1, 0.15) is 53.3 Å². The number of amides is 2. The summed E-state index contributed by atoms with van der Waals surface area (Å²) in [6, 6.07) is 6.63. The van der Waals surface area contributed by atoms with Crippen LogP contribution in [0, 0.1) is 0 Å². The minimum Gasteiger partial charge on any atom is -0.858 e. The van der Waals surface area contributed by atoms with E-state index in [0.717, 1.165) is 28.7 Å². The molecule has 1 aromatic rings. The van der Waals surface area contributed by atoms with E-state index in [1.54, 1.807) is 24.3 Å². The number of carbonyl (C=O) groups excluding carboxylic acids is 2. The van der Waals surface area contributed by atoms with Gasteiger partial charge in [0.05, 0.1) is 11.1 Å². The molecule has 3 heterocycles. The maximum Gasteiger partial charge on any atom is 0.329 e. The van der Waals surface area contributed by atoms with Crippen LogP contribution in [0.4, 0.5) is 0 Å². The zero-order valence-corrected chi connectivity index (χ0v) is 17.8. The minimum absolute atomic E-state index is 0.0409. The Kier molecular flexibility index (Phi) is 5.77. The molecule has 0 atom stereocenters. The lowest BCUT2D eigenvalue weighted by molar-refractivity contribution is -0.279. The Morgan fingerprint density at radius 2 is 1.55 bits per heavy atom. The number of rotatable bonds is 8. The van der Waals surface area contributed by atoms with Crippen LogP contribution in [0.2, 0.25) is 5.28 Å². The van der Waals surface area contributed by atoms with E-state index in [1.807, 2.05) is 0 Å². The van der Waals surface area contributed by atoms with Gasteiger partial charge in [-0.05, 0) is 42.5 Å². The van der Waals surface area contributed by atoms with Crippen molar-refractivity contribution in [3.05, 3.63) is 51.2 Å². The van der Waals surface area contributed by atoms with Crippen LogP contribution in [0.3, 0.4) is 0 Å². The molecular formula is C21H21ClN5O4-. The predicted octanol–water partition coefficient (Wildman–Crippen LogP) is 2.15. The van der Waals surface area contributed by atoms with Gasteiger partial charge in [-0.3, -0.25) is 19.1 Å². The van der Waals surface area contributed by atoms with Crippen LogP contribution < -0.4 is 10.8 Å². The lowest BCUT2D eigenvalue weighted by Crippen LogP contribution is -2.36. The Morgan fingerprint density at radius 1 is 0.903 bits per heavy atom. The number of hydrogen-bond acceptors (Lipinski definition) is 6. The van der Waals surface area contributed by atoms with Gasteiger partial charge in [-0.25, -0.2) is 9.78 Å². The summed E-state index contributed by atoms with van der Waals surface area (Å²) in [5.74, 6) is -1.12. The molecule has 9 nitrogen and oxygen atoms in total. The second-order valence-corrected chi connectivity index (χ2v) is 7.76. The molecule has 0 unspecified atom stereocenters. The molecule has 2 amide bonds. The van der Waals surface area contributed by atoms with Gasteiger partial charge in [-0.2, -0.15) is 4.98 Å². The average Bonchev–Trinajstić information content (AvgIpc) is 3.26. The highest BCUT2D eigenvalue weighted by Gasteiger charge is 2.34. The summed E-state index contributed by atoms with van der Waals surface area (Å²) in [4.78, 5) is 47.2. The van der Waals surface area contributed by atoms with Gasteiger partial charge in [-0.1, -0.05) is 31.9 Å². The van der Waals surface area contributed by atoms with Crippen LogP contribution in [0.15, 0.2) is 29.1 Å². The number of halogens is 1. The standard InChI is InChI=1S/C21H22ClN5O4/c1-2-3-6-10-25-16-15(23-20(22)24-16)19(30)27(21(25)31)12-7-11-26-17(28)13-8-4-5-9-14(13)18(26)29/h4-5,8-9,30H,2-3,6-7,10-12H2,1H3/p-1. The summed E-state index contributed by atoms with van der Waals surface area (Å²) in [6.07, 6.45) is 2.91. The van der Waals surface area contributed by atoms with Crippen LogP contribution in [0.25, 0.3) is 11.5 Å². The Hall–Kier alpha value is -3.20. The zero-order valence-electron chi connectivity index (χ0n) is 17.0. The highest BCUT2D eigenvalue weighted by Crippen LogP contribution is 2.27. The van der Waals surface area contributed by atoms with Crippen molar-refractivity contribution in [1.29, 1.82) is 0 Å². The molecule has 0 saturated carbocycles. The Labute approximate surface area is 183 Å². The summed E-state index contributed by atoms with van der Waals surface area (Å²) >= 11 is 5.89. The fourth-order valence-corrected chi connectivity index (χ4v) is 4.00. The van der Waals surface area contributed by atoms with E-state index in [9.17, 15) is 19.5 Å². The van der Waals surface area contributed by atoms with Crippen LogP contribution in [0.5, 0.6) is 5.88 Å². The third-order valence-corrected chi connectivity index (χ3v) is 5.58. The van der Waals surface area contributed by atoms with Crippen molar-refractivity contribution in [2.75, 3.05) is 6.54 Å². The monoisotopic (exact) mass is 442 g/mol. The predicted molar refractivity (Wildman–Crippen MR) is 111 cm³/mol. The maximum absolute atomic E-state index is 13.0. The molecule has 0 bridgehead atoms. The largest absolute Gasteiger partial charge is 0.858 e. The fourth-order valence-electron chi connectivity index (χ4n) is 3.84. The normalized spacial score (nSPS) is 13.4. The fraction of sp³-hybridized carbons (Fsp3) is 0.381. The summed E-state index contributed by atoms with van der Waals surface area (Å²) in [5.41, 5.74) is 0.284. The molecule has 0 N–H and O–H groups in total. The van der Waals surface area contributed by atoms with E-state index in [-0.39, 0.29) is 48.1 Å². The number of imide groups is 1. The third-order valence-electron chi connectivity index (χ3n) is 5.41. The second-order valence-electron chi connectivity index (χ2n) is 7.42. The molecule has 3 aliphatic heterocycles. The molecule has 31 heavy (non-hydrogen) atoms. The van der Waals surface area contributed by atoms with E-state index < -0.39 is 11.6 Å². The third kappa shape index (κ3) is 3.69. The summed E-state index contributed by atoms with van der Waals surface area (Å²) < 4.78 is 2.50. The van der Waals surface area contributed by atoms with Crippen molar-refractivity contribution in [3.63, 3.8) is 0 Å². The first-order valence-corrected chi connectivity index (χ1v) is 10.6. The lowest BCUT2D eigenvalue weighted by Gasteiger charge is -2.23. The van der Waals surface area contributed by atoms with Gasteiger partial charge in [-0.15, -0.1) is 0 Å². The molecule has 1 aromatic carbocycles. The first kappa shape index (κ1) is 21.0. The SMILES string of the molecule is CCCCCn1c2nc(Cl)nc-2c([O-])n(CCCN2C(=O)c3ccccc3C2=O)c1=O. The smallest absolute Gasteiger partial charge is 0.329 e. The van der Waals surface area contributed by atoms with Crippen molar-refractivity contribution in [1.82, 2.24) is 24.0 Å². The average molecular weight is 443 g/mol. The molecule has 0 spiro atoms. The number of unbranched alkanes of at least 4 members (excludes halogenated alkanes) is 2. The highest BCUT2D eigenvalue weighted by atomic mass is 35.5. The van der Waals surface area contributed by atoms with E-state index in [0.29, 0.717) is 17.7 Å². The summed E-state index contributed by atoms with van der Waals surface area (Å²) in [6.45, 7) is 2.59. The Bertz CT molecular complexity index is 1150. The maximum atomic E-state index is 13.0. The minimum atomic E-state index is -0.575. The van der Waals surface area contributed by atoms with Crippen LogP contribution in [-0.4, -0.2) is 42.4 Å². The molecule has 3 aliphatic rings. The summed E-state index contributed by atoms with van der Waals surface area (Å²) in [5, 5.41) is 12.7. The molecule has 0 radical (unpaired) electrons. The van der Waals surface area contributed by atoms with Gasteiger partial charge in [0.2, 0.25) is 5.28 Å². The topological polar surface area (TPSA) is 113 Å². The number of aromatic nitrogens is 4. The van der Waals surface area contributed by atoms with E-state index >= 15 is 0 Å². The van der Waals surface area contributed by atoms with E-state index in [2.05, 4.69) is 16.9 Å². The number of nitrogens with zero attached hydrogens (tertiary/aromatic N) is 5.